The van der Waals surface area contributed by atoms with E-state index in [2.05, 4.69) is 12.7 Å². The van der Waals surface area contributed by atoms with Gasteiger partial charge in [0.05, 0.1) is 5.60 Å². The van der Waals surface area contributed by atoms with E-state index in [4.69, 9.17) is 4.74 Å². The molecule has 1 aliphatic heterocycles. The van der Waals surface area contributed by atoms with Crippen molar-refractivity contribution in [1.82, 2.24) is 0 Å². The molecule has 0 bridgehead atoms. The van der Waals surface area contributed by atoms with Gasteiger partial charge in [-0.1, -0.05) is 18.2 Å². The van der Waals surface area contributed by atoms with Gasteiger partial charge in [0.25, 0.3) is 0 Å². The molecule has 3 aliphatic rings. The highest BCUT2D eigenvalue weighted by Gasteiger charge is 2.49. The van der Waals surface area contributed by atoms with Crippen molar-refractivity contribution in [2.75, 3.05) is 0 Å². The summed E-state index contributed by atoms with van der Waals surface area (Å²) >= 11 is 0. The average molecular weight is 246 g/mol. The third kappa shape index (κ3) is 1.37. The number of rotatable bonds is 0. The number of carbonyl (C=O) groups is 1. The third-order valence-corrected chi connectivity index (χ3v) is 4.76. The Morgan fingerprint density at radius 1 is 1.44 bits per heavy atom. The van der Waals surface area contributed by atoms with Gasteiger partial charge >= 0.3 is 5.97 Å². The molecule has 1 fully saturated rings. The van der Waals surface area contributed by atoms with Crippen molar-refractivity contribution in [3.63, 3.8) is 0 Å². The van der Waals surface area contributed by atoms with Crippen molar-refractivity contribution >= 4 is 5.97 Å². The van der Waals surface area contributed by atoms with Gasteiger partial charge in [0.1, 0.15) is 6.10 Å². The van der Waals surface area contributed by atoms with E-state index in [0.717, 1.165) is 16.7 Å². The van der Waals surface area contributed by atoms with E-state index in [0.29, 0.717) is 19.3 Å². The first kappa shape index (κ1) is 11.7. The van der Waals surface area contributed by atoms with Crippen LogP contribution in [-0.2, 0) is 9.53 Å². The van der Waals surface area contributed by atoms with Crippen molar-refractivity contribution in [3.05, 3.63) is 34.9 Å². The summed E-state index contributed by atoms with van der Waals surface area (Å²) in [6, 6.07) is 0. The van der Waals surface area contributed by atoms with Crippen molar-refractivity contribution in [2.45, 2.75) is 44.8 Å². The summed E-state index contributed by atoms with van der Waals surface area (Å²) in [7, 11) is 0. The fourth-order valence-corrected chi connectivity index (χ4v) is 3.43. The van der Waals surface area contributed by atoms with Crippen LogP contribution in [0.2, 0.25) is 0 Å². The van der Waals surface area contributed by atoms with Crippen molar-refractivity contribution in [3.8, 4) is 0 Å². The van der Waals surface area contributed by atoms with Crippen LogP contribution in [0.15, 0.2) is 34.9 Å². The number of hydrogen-bond donors (Lipinski definition) is 1. The second-order valence-corrected chi connectivity index (χ2v) is 5.69. The molecule has 3 heteroatoms. The van der Waals surface area contributed by atoms with Gasteiger partial charge in [-0.05, 0) is 37.8 Å². The number of fused-ring (bicyclic) bond motifs is 2. The Kier molecular flexibility index (Phi) is 2.33. The second-order valence-electron chi connectivity index (χ2n) is 5.69. The van der Waals surface area contributed by atoms with E-state index < -0.39 is 5.60 Å². The molecule has 3 atom stereocenters. The van der Waals surface area contributed by atoms with Crippen LogP contribution in [0.3, 0.4) is 0 Å². The summed E-state index contributed by atoms with van der Waals surface area (Å²) in [5.41, 5.74) is 2.92. The summed E-state index contributed by atoms with van der Waals surface area (Å²) in [5.74, 6) is -0.165. The standard InChI is InChI=1S/C15H18O3/c1-8-4-5-15(17)9(2)6-13-11(7-12(8)15)10(3)14(16)18-13/h4,12-13,17H,2,5-7H2,1,3H3/t12-,13-,15+/m0/s1. The van der Waals surface area contributed by atoms with Gasteiger partial charge in [-0.3, -0.25) is 0 Å². The number of ether oxygens (including phenoxy) is 1. The molecular formula is C15H18O3. The number of hydrogen-bond acceptors (Lipinski definition) is 3. The summed E-state index contributed by atoms with van der Waals surface area (Å²) in [6.45, 7) is 7.90. The van der Waals surface area contributed by atoms with E-state index in [1.54, 1.807) is 0 Å². The lowest BCUT2D eigenvalue weighted by atomic mass is 9.80. The molecule has 3 nitrogen and oxygen atoms in total. The van der Waals surface area contributed by atoms with Crippen LogP contribution in [-0.4, -0.2) is 22.8 Å². The molecule has 2 aliphatic carbocycles. The molecule has 0 spiro atoms. The van der Waals surface area contributed by atoms with Crippen LogP contribution in [0.4, 0.5) is 0 Å². The van der Waals surface area contributed by atoms with Crippen molar-refractivity contribution < 1.29 is 14.6 Å². The highest BCUT2D eigenvalue weighted by molar-refractivity contribution is 5.91. The Hall–Kier alpha value is -1.35. The van der Waals surface area contributed by atoms with Crippen molar-refractivity contribution in [1.29, 1.82) is 0 Å². The Morgan fingerprint density at radius 2 is 2.17 bits per heavy atom. The average Bonchev–Trinajstić information content (AvgIpc) is 2.71. The van der Waals surface area contributed by atoms with Crippen LogP contribution in [0.5, 0.6) is 0 Å². The zero-order valence-corrected chi connectivity index (χ0v) is 10.8. The fourth-order valence-electron chi connectivity index (χ4n) is 3.43. The van der Waals surface area contributed by atoms with Gasteiger partial charge in [-0.25, -0.2) is 4.79 Å². The SMILES string of the molecule is C=C1C[C@@H]2OC(=O)C(C)=C2C[C@H]2C(C)=CC[C@@]12O. The van der Waals surface area contributed by atoms with E-state index in [-0.39, 0.29) is 18.0 Å². The Morgan fingerprint density at radius 3 is 2.89 bits per heavy atom. The molecule has 3 rings (SSSR count). The molecular weight excluding hydrogens is 228 g/mol. The highest BCUT2D eigenvalue weighted by atomic mass is 16.5. The van der Waals surface area contributed by atoms with Crippen LogP contribution in [0, 0.1) is 5.92 Å². The lowest BCUT2D eigenvalue weighted by molar-refractivity contribution is -0.139. The molecule has 0 unspecified atom stereocenters. The Bertz CT molecular complexity index is 512. The monoisotopic (exact) mass is 246 g/mol. The fraction of sp³-hybridized carbons (Fsp3) is 0.533. The summed E-state index contributed by atoms with van der Waals surface area (Å²) in [5, 5.41) is 10.8. The molecule has 0 aromatic rings. The van der Waals surface area contributed by atoms with Crippen LogP contribution in [0.1, 0.15) is 33.1 Å². The normalized spacial score (nSPS) is 39.2. The highest BCUT2D eigenvalue weighted by Crippen LogP contribution is 2.50. The van der Waals surface area contributed by atoms with Gasteiger partial charge in [0.15, 0.2) is 0 Å². The lowest BCUT2D eigenvalue weighted by Gasteiger charge is -2.31. The summed E-state index contributed by atoms with van der Waals surface area (Å²) in [4.78, 5) is 11.6. The Labute approximate surface area is 107 Å². The van der Waals surface area contributed by atoms with Gasteiger partial charge in [-0.2, -0.15) is 0 Å². The first-order chi connectivity index (χ1) is 8.43. The first-order valence-corrected chi connectivity index (χ1v) is 6.41. The summed E-state index contributed by atoms with van der Waals surface area (Å²) < 4.78 is 5.37. The zero-order chi connectivity index (χ0) is 13.1. The molecule has 96 valence electrons. The zero-order valence-electron chi connectivity index (χ0n) is 10.8. The predicted octanol–water partition coefficient (Wildman–Crippen LogP) is 2.28. The molecule has 0 radical (unpaired) electrons. The lowest BCUT2D eigenvalue weighted by Crippen LogP contribution is -2.35. The molecule has 0 aromatic carbocycles. The van der Waals surface area contributed by atoms with Gasteiger partial charge in [-0.15, -0.1) is 0 Å². The van der Waals surface area contributed by atoms with Crippen molar-refractivity contribution in [2.24, 2.45) is 5.92 Å². The maximum Gasteiger partial charge on any atom is 0.334 e. The molecule has 0 amide bonds. The number of carbonyl (C=O) groups excluding carboxylic acids is 1. The van der Waals surface area contributed by atoms with Crippen LogP contribution >= 0.6 is 0 Å². The maximum absolute atomic E-state index is 11.6. The minimum atomic E-state index is -0.839. The van der Waals surface area contributed by atoms with E-state index in [1.807, 2.05) is 13.8 Å². The second kappa shape index (κ2) is 3.58. The minimum absolute atomic E-state index is 0.0504. The molecule has 18 heavy (non-hydrogen) atoms. The quantitative estimate of drug-likeness (QED) is 0.527. The molecule has 1 saturated carbocycles. The largest absolute Gasteiger partial charge is 0.454 e. The van der Waals surface area contributed by atoms with Crippen LogP contribution < -0.4 is 0 Å². The topological polar surface area (TPSA) is 46.5 Å². The van der Waals surface area contributed by atoms with Gasteiger partial charge < -0.3 is 9.84 Å². The van der Waals surface area contributed by atoms with E-state index in [9.17, 15) is 9.90 Å². The predicted molar refractivity (Wildman–Crippen MR) is 67.8 cm³/mol. The van der Waals surface area contributed by atoms with Crippen LogP contribution in [0.25, 0.3) is 0 Å². The minimum Gasteiger partial charge on any atom is -0.454 e. The molecule has 1 heterocycles. The maximum atomic E-state index is 11.6. The third-order valence-electron chi connectivity index (χ3n) is 4.76. The van der Waals surface area contributed by atoms with E-state index >= 15 is 0 Å². The Balaban J connectivity index is 2.06. The molecule has 0 aromatic heterocycles. The van der Waals surface area contributed by atoms with Gasteiger partial charge in [0.2, 0.25) is 0 Å². The number of esters is 1. The molecule has 1 N–H and O–H groups in total. The first-order valence-electron chi connectivity index (χ1n) is 6.41. The molecule has 0 saturated heterocycles. The number of aliphatic hydroxyl groups is 1. The smallest absolute Gasteiger partial charge is 0.334 e. The summed E-state index contributed by atoms with van der Waals surface area (Å²) in [6.07, 6.45) is 3.78. The van der Waals surface area contributed by atoms with E-state index in [1.165, 1.54) is 5.57 Å². The van der Waals surface area contributed by atoms with Gasteiger partial charge in [0, 0.05) is 17.9 Å².